The lowest BCUT2D eigenvalue weighted by molar-refractivity contribution is 0.417. The van der Waals surface area contributed by atoms with E-state index in [1.807, 2.05) is 24.3 Å². The molecule has 19 heavy (non-hydrogen) atoms. The van der Waals surface area contributed by atoms with Crippen molar-refractivity contribution in [2.75, 3.05) is 12.4 Å². The first-order valence-electron chi connectivity index (χ1n) is 5.58. The number of aromatic hydroxyl groups is 2. The number of para-hydroxylation sites is 2. The molecule has 0 heterocycles. The minimum atomic E-state index is -0.0765. The van der Waals surface area contributed by atoms with Crippen molar-refractivity contribution in [3.8, 4) is 17.2 Å². The highest BCUT2D eigenvalue weighted by molar-refractivity contribution is 7.81. The van der Waals surface area contributed by atoms with Gasteiger partial charge in [0.05, 0.1) is 18.4 Å². The summed E-state index contributed by atoms with van der Waals surface area (Å²) in [6, 6.07) is 11.6. The Labute approximate surface area is 116 Å². The van der Waals surface area contributed by atoms with E-state index in [9.17, 15) is 10.2 Å². The van der Waals surface area contributed by atoms with Crippen molar-refractivity contribution in [2.24, 2.45) is 0 Å². The fourth-order valence-electron chi connectivity index (χ4n) is 1.65. The zero-order valence-electron chi connectivity index (χ0n) is 10.3. The summed E-state index contributed by atoms with van der Waals surface area (Å²) in [5.41, 5.74) is 1.15. The van der Waals surface area contributed by atoms with Gasteiger partial charge in [-0.2, -0.15) is 0 Å². The molecule has 2 rings (SSSR count). The van der Waals surface area contributed by atoms with Crippen molar-refractivity contribution in [1.82, 2.24) is 0 Å². The molecule has 0 aromatic heterocycles. The van der Waals surface area contributed by atoms with Gasteiger partial charge in [0.15, 0.2) is 0 Å². The van der Waals surface area contributed by atoms with Crippen LogP contribution in [-0.2, 0) is 0 Å². The molecule has 98 valence electrons. The second-order valence-corrected chi connectivity index (χ2v) is 4.26. The number of anilines is 1. The maximum atomic E-state index is 9.75. The Balaban J connectivity index is 2.26. The summed E-state index contributed by atoms with van der Waals surface area (Å²) in [5, 5.41) is 22.0. The molecule has 0 aliphatic heterocycles. The van der Waals surface area contributed by atoms with Crippen LogP contribution in [0.5, 0.6) is 17.2 Å². The van der Waals surface area contributed by atoms with Gasteiger partial charge in [0.1, 0.15) is 22.2 Å². The number of nitrogens with one attached hydrogen (secondary N) is 1. The Morgan fingerprint density at radius 1 is 1.16 bits per heavy atom. The lowest BCUT2D eigenvalue weighted by Crippen LogP contribution is -2.11. The van der Waals surface area contributed by atoms with Gasteiger partial charge in [0, 0.05) is 6.07 Å². The third kappa shape index (κ3) is 2.95. The highest BCUT2D eigenvalue weighted by Gasteiger charge is 2.10. The molecule has 0 amide bonds. The molecule has 0 spiro atoms. The quantitative estimate of drug-likeness (QED) is 0.752. The van der Waals surface area contributed by atoms with E-state index >= 15 is 0 Å². The molecule has 0 bridgehead atoms. The number of phenolic OH excluding ortho intramolecular Hbond substituents is 2. The first-order chi connectivity index (χ1) is 9.11. The third-order valence-electron chi connectivity index (χ3n) is 2.58. The van der Waals surface area contributed by atoms with Crippen LogP contribution < -0.4 is 10.1 Å². The number of ether oxygens (including phenoxy) is 1. The van der Waals surface area contributed by atoms with E-state index in [0.717, 1.165) is 0 Å². The minimum absolute atomic E-state index is 0.0126. The molecular weight excluding hydrogens is 262 g/mol. The largest absolute Gasteiger partial charge is 0.508 e. The standard InChI is InChI=1S/C14H13NO3S/c1-18-13-5-3-2-4-11(13)15-14(19)10-7-6-9(16)8-12(10)17/h2-8,16-17H,1H3,(H,15,19). The lowest BCUT2D eigenvalue weighted by atomic mass is 10.2. The Hall–Kier alpha value is -2.27. The molecule has 2 aromatic rings. The van der Waals surface area contributed by atoms with Gasteiger partial charge in [-0.25, -0.2) is 0 Å². The van der Waals surface area contributed by atoms with E-state index in [4.69, 9.17) is 17.0 Å². The molecule has 0 fully saturated rings. The van der Waals surface area contributed by atoms with Crippen molar-refractivity contribution in [1.29, 1.82) is 0 Å². The van der Waals surface area contributed by atoms with Crippen LogP contribution in [-0.4, -0.2) is 22.3 Å². The highest BCUT2D eigenvalue weighted by atomic mass is 32.1. The van der Waals surface area contributed by atoms with Crippen molar-refractivity contribution < 1.29 is 14.9 Å². The predicted molar refractivity (Wildman–Crippen MR) is 78.1 cm³/mol. The number of phenols is 2. The zero-order valence-corrected chi connectivity index (χ0v) is 11.1. The first-order valence-corrected chi connectivity index (χ1v) is 5.99. The smallest absolute Gasteiger partial charge is 0.142 e. The SMILES string of the molecule is COc1ccccc1NC(=S)c1ccc(O)cc1O. The molecule has 5 heteroatoms. The van der Waals surface area contributed by atoms with E-state index in [-0.39, 0.29) is 11.5 Å². The van der Waals surface area contributed by atoms with Crippen LogP contribution in [0.3, 0.4) is 0 Å². The van der Waals surface area contributed by atoms with Gasteiger partial charge in [0.2, 0.25) is 0 Å². The average Bonchev–Trinajstić information content (AvgIpc) is 2.39. The number of thiocarbonyl (C=S) groups is 1. The number of rotatable bonds is 3. The second kappa shape index (κ2) is 5.58. The normalized spacial score (nSPS) is 9.95. The minimum Gasteiger partial charge on any atom is -0.508 e. The summed E-state index contributed by atoms with van der Waals surface area (Å²) in [7, 11) is 1.57. The number of hydrogen-bond acceptors (Lipinski definition) is 4. The van der Waals surface area contributed by atoms with Crippen LogP contribution >= 0.6 is 12.2 Å². The molecule has 0 atom stereocenters. The number of hydrogen-bond donors (Lipinski definition) is 3. The molecule has 0 aliphatic carbocycles. The maximum absolute atomic E-state index is 9.75. The van der Waals surface area contributed by atoms with Crippen LogP contribution in [0.15, 0.2) is 42.5 Å². The first kappa shape index (κ1) is 13.2. The Morgan fingerprint density at radius 3 is 2.58 bits per heavy atom. The van der Waals surface area contributed by atoms with Crippen LogP contribution in [0.2, 0.25) is 0 Å². The van der Waals surface area contributed by atoms with Gasteiger partial charge >= 0.3 is 0 Å². The van der Waals surface area contributed by atoms with Crippen LogP contribution in [0.25, 0.3) is 0 Å². The molecule has 4 nitrogen and oxygen atoms in total. The summed E-state index contributed by atoms with van der Waals surface area (Å²) in [6.07, 6.45) is 0. The van der Waals surface area contributed by atoms with E-state index in [0.29, 0.717) is 22.0 Å². The molecule has 0 saturated heterocycles. The molecule has 0 radical (unpaired) electrons. The van der Waals surface area contributed by atoms with Gasteiger partial charge in [-0.1, -0.05) is 24.4 Å². The molecule has 0 aliphatic rings. The average molecular weight is 275 g/mol. The summed E-state index contributed by atoms with van der Waals surface area (Å²) < 4.78 is 5.21. The van der Waals surface area contributed by atoms with Gasteiger partial charge in [-0.15, -0.1) is 0 Å². The predicted octanol–water partition coefficient (Wildman–Crippen LogP) is 2.89. The van der Waals surface area contributed by atoms with Crippen molar-refractivity contribution >= 4 is 22.9 Å². The van der Waals surface area contributed by atoms with Crippen LogP contribution in [0.4, 0.5) is 5.69 Å². The molecule has 0 saturated carbocycles. The molecule has 0 unspecified atom stereocenters. The van der Waals surface area contributed by atoms with E-state index < -0.39 is 0 Å². The number of benzene rings is 2. The topological polar surface area (TPSA) is 61.7 Å². The zero-order chi connectivity index (χ0) is 13.8. The fraction of sp³-hybridized carbons (Fsp3) is 0.0714. The van der Waals surface area contributed by atoms with Crippen LogP contribution in [0.1, 0.15) is 5.56 Å². The summed E-state index contributed by atoms with van der Waals surface area (Å²) >= 11 is 5.23. The van der Waals surface area contributed by atoms with Gasteiger partial charge < -0.3 is 20.3 Å². The fourth-order valence-corrected chi connectivity index (χ4v) is 1.93. The Morgan fingerprint density at radius 2 is 1.89 bits per heavy atom. The third-order valence-corrected chi connectivity index (χ3v) is 2.90. The second-order valence-electron chi connectivity index (χ2n) is 3.86. The Bertz CT molecular complexity index is 613. The van der Waals surface area contributed by atoms with Crippen molar-refractivity contribution in [2.45, 2.75) is 0 Å². The molecule has 2 aromatic carbocycles. The van der Waals surface area contributed by atoms with E-state index in [1.54, 1.807) is 13.2 Å². The summed E-state index contributed by atoms with van der Waals surface area (Å²) in [6.45, 7) is 0. The summed E-state index contributed by atoms with van der Waals surface area (Å²) in [5.74, 6) is 0.567. The van der Waals surface area contributed by atoms with Crippen molar-refractivity contribution in [3.63, 3.8) is 0 Å². The summed E-state index contributed by atoms with van der Waals surface area (Å²) in [4.78, 5) is 0.349. The highest BCUT2D eigenvalue weighted by Crippen LogP contribution is 2.27. The monoisotopic (exact) mass is 275 g/mol. The van der Waals surface area contributed by atoms with Crippen molar-refractivity contribution in [3.05, 3.63) is 48.0 Å². The number of methoxy groups -OCH3 is 1. The van der Waals surface area contributed by atoms with Gasteiger partial charge in [-0.05, 0) is 24.3 Å². The lowest BCUT2D eigenvalue weighted by Gasteiger charge is -2.12. The molecular formula is C14H13NO3S. The van der Waals surface area contributed by atoms with Gasteiger partial charge in [0.25, 0.3) is 0 Å². The van der Waals surface area contributed by atoms with E-state index in [2.05, 4.69) is 5.32 Å². The Kier molecular flexibility index (Phi) is 3.87. The maximum Gasteiger partial charge on any atom is 0.142 e. The molecule has 3 N–H and O–H groups in total. The van der Waals surface area contributed by atoms with Gasteiger partial charge in [-0.3, -0.25) is 0 Å². The van der Waals surface area contributed by atoms with E-state index in [1.165, 1.54) is 12.1 Å². The van der Waals surface area contributed by atoms with Crippen LogP contribution in [0, 0.1) is 0 Å².